The number of aliphatic hydroxyl groups excluding tert-OH is 1. The summed E-state index contributed by atoms with van der Waals surface area (Å²) in [5.74, 6) is 0. The maximum Gasteiger partial charge on any atom is 0.154 e. The monoisotopic (exact) mass is 594 g/mol. The van der Waals surface area contributed by atoms with Crippen molar-refractivity contribution in [2.75, 3.05) is 33.9 Å². The van der Waals surface area contributed by atoms with Crippen LogP contribution in [-0.2, 0) is 9.47 Å². The van der Waals surface area contributed by atoms with Crippen LogP contribution in [0.2, 0.25) is 0 Å². The predicted molar refractivity (Wildman–Crippen MR) is 185 cm³/mol. The Morgan fingerprint density at radius 3 is 1.40 bits per heavy atom. The molecule has 4 heteroatoms. The van der Waals surface area contributed by atoms with Gasteiger partial charge in [0.25, 0.3) is 0 Å². The van der Waals surface area contributed by atoms with Gasteiger partial charge in [-0.25, -0.2) is 0 Å². The van der Waals surface area contributed by atoms with Crippen molar-refractivity contribution in [3.63, 3.8) is 0 Å². The van der Waals surface area contributed by atoms with Gasteiger partial charge in [0.05, 0.1) is 19.3 Å². The Morgan fingerprint density at radius 2 is 0.929 bits per heavy atom. The number of allylic oxidation sites excluding steroid dienone is 4. The van der Waals surface area contributed by atoms with Crippen LogP contribution in [0.4, 0.5) is 0 Å². The number of hydrogen-bond acceptors (Lipinski definition) is 4. The molecule has 0 aliphatic heterocycles. The van der Waals surface area contributed by atoms with Crippen LogP contribution in [0.1, 0.15) is 174 Å². The first kappa shape index (κ1) is 41.3. The SMILES string of the molecule is CCCCCCC=CCCCCCCCC(O)OCCC(CCCCCCCC=CCCCCCC)OCCN(C)C. The molecule has 0 heterocycles. The Kier molecular flexibility index (Phi) is 34.2. The third kappa shape index (κ3) is 33.8. The Hall–Kier alpha value is -0.680. The summed E-state index contributed by atoms with van der Waals surface area (Å²) in [5, 5.41) is 10.3. The summed E-state index contributed by atoms with van der Waals surface area (Å²) in [5.41, 5.74) is 0. The Labute approximate surface area is 264 Å². The molecule has 0 spiro atoms. The molecule has 2 unspecified atom stereocenters. The van der Waals surface area contributed by atoms with Gasteiger partial charge in [-0.2, -0.15) is 0 Å². The smallest absolute Gasteiger partial charge is 0.154 e. The van der Waals surface area contributed by atoms with E-state index in [2.05, 4.69) is 57.1 Å². The maximum absolute atomic E-state index is 10.3. The molecule has 0 aliphatic carbocycles. The van der Waals surface area contributed by atoms with Crippen molar-refractivity contribution in [2.24, 2.45) is 0 Å². The number of nitrogens with zero attached hydrogens (tertiary/aromatic N) is 1. The molecule has 0 aromatic heterocycles. The molecular weight excluding hydrogens is 518 g/mol. The van der Waals surface area contributed by atoms with Crippen molar-refractivity contribution < 1.29 is 14.6 Å². The first-order chi connectivity index (χ1) is 20.6. The largest absolute Gasteiger partial charge is 0.377 e. The molecule has 0 bridgehead atoms. The van der Waals surface area contributed by atoms with Crippen molar-refractivity contribution in [2.45, 2.75) is 187 Å². The van der Waals surface area contributed by atoms with Crippen LogP contribution >= 0.6 is 0 Å². The quantitative estimate of drug-likeness (QED) is 0.0458. The lowest BCUT2D eigenvalue weighted by atomic mass is 10.0. The molecule has 0 aromatic rings. The van der Waals surface area contributed by atoms with Gasteiger partial charge in [0, 0.05) is 6.54 Å². The van der Waals surface area contributed by atoms with Crippen LogP contribution in [0.3, 0.4) is 0 Å². The van der Waals surface area contributed by atoms with Crippen molar-refractivity contribution >= 4 is 0 Å². The van der Waals surface area contributed by atoms with E-state index in [1.165, 1.54) is 135 Å². The number of ether oxygens (including phenoxy) is 2. The second kappa shape index (κ2) is 34.8. The van der Waals surface area contributed by atoms with Gasteiger partial charge in [0.15, 0.2) is 6.29 Å². The van der Waals surface area contributed by atoms with E-state index in [-0.39, 0.29) is 6.10 Å². The average molecular weight is 594 g/mol. The molecule has 0 amide bonds. The molecule has 4 nitrogen and oxygen atoms in total. The van der Waals surface area contributed by atoms with Crippen LogP contribution in [0.25, 0.3) is 0 Å². The van der Waals surface area contributed by atoms with Gasteiger partial charge >= 0.3 is 0 Å². The molecule has 250 valence electrons. The summed E-state index contributed by atoms with van der Waals surface area (Å²) in [7, 11) is 4.18. The Morgan fingerprint density at radius 1 is 0.500 bits per heavy atom. The average Bonchev–Trinajstić information content (AvgIpc) is 2.97. The van der Waals surface area contributed by atoms with E-state index in [1.807, 2.05) is 0 Å². The molecule has 2 atom stereocenters. The highest BCUT2D eigenvalue weighted by molar-refractivity contribution is 4.82. The van der Waals surface area contributed by atoms with Crippen LogP contribution in [0.15, 0.2) is 24.3 Å². The number of unbranched alkanes of at least 4 members (excludes halogenated alkanes) is 18. The summed E-state index contributed by atoms with van der Waals surface area (Å²) in [6.45, 7) is 6.84. The van der Waals surface area contributed by atoms with Gasteiger partial charge in [0.2, 0.25) is 0 Å². The van der Waals surface area contributed by atoms with E-state index in [0.717, 1.165) is 38.8 Å². The summed E-state index contributed by atoms with van der Waals surface area (Å²) >= 11 is 0. The van der Waals surface area contributed by atoms with E-state index in [4.69, 9.17) is 9.47 Å². The van der Waals surface area contributed by atoms with Crippen LogP contribution in [0.5, 0.6) is 0 Å². The summed E-state index contributed by atoms with van der Waals surface area (Å²) in [6.07, 6.45) is 40.2. The van der Waals surface area contributed by atoms with Gasteiger partial charge in [-0.15, -0.1) is 0 Å². The van der Waals surface area contributed by atoms with Gasteiger partial charge in [-0.05, 0) is 91.1 Å². The second-order valence-corrected chi connectivity index (χ2v) is 12.7. The fourth-order valence-electron chi connectivity index (χ4n) is 5.26. The van der Waals surface area contributed by atoms with Crippen molar-refractivity contribution in [3.8, 4) is 0 Å². The lowest BCUT2D eigenvalue weighted by molar-refractivity contribution is -0.113. The first-order valence-electron chi connectivity index (χ1n) is 18.5. The predicted octanol–water partition coefficient (Wildman–Crippen LogP) is 11.2. The number of hydrogen-bond donors (Lipinski definition) is 1. The fraction of sp³-hybridized carbons (Fsp3) is 0.895. The molecule has 0 saturated heterocycles. The highest BCUT2D eigenvalue weighted by Gasteiger charge is 2.11. The van der Waals surface area contributed by atoms with Crippen molar-refractivity contribution in [3.05, 3.63) is 24.3 Å². The fourth-order valence-corrected chi connectivity index (χ4v) is 5.26. The highest BCUT2D eigenvalue weighted by Crippen LogP contribution is 2.15. The standard InChI is InChI=1S/C38H75NO3/c1-5-7-9-11-13-15-17-19-21-23-25-27-29-31-37(41-36-34-39(3)4)33-35-42-38(40)32-30-28-26-24-22-20-18-16-14-12-10-8-6-2/h15-18,37-38,40H,5-14,19-36H2,1-4H3. The minimum absolute atomic E-state index is 0.234. The summed E-state index contributed by atoms with van der Waals surface area (Å²) < 4.78 is 12.0. The van der Waals surface area contributed by atoms with E-state index < -0.39 is 6.29 Å². The van der Waals surface area contributed by atoms with Crippen LogP contribution in [0, 0.1) is 0 Å². The number of likely N-dealkylation sites (N-methyl/N-ethyl adjacent to an activating group) is 1. The minimum atomic E-state index is -0.631. The zero-order chi connectivity index (χ0) is 30.8. The van der Waals surface area contributed by atoms with Gasteiger partial charge < -0.3 is 19.5 Å². The molecule has 1 N–H and O–H groups in total. The first-order valence-corrected chi connectivity index (χ1v) is 18.5. The lowest BCUT2D eigenvalue weighted by Crippen LogP contribution is -2.24. The molecule has 0 fully saturated rings. The van der Waals surface area contributed by atoms with Crippen molar-refractivity contribution in [1.82, 2.24) is 4.90 Å². The van der Waals surface area contributed by atoms with E-state index in [0.29, 0.717) is 6.61 Å². The molecular formula is C38H75NO3. The third-order valence-electron chi connectivity index (χ3n) is 8.14. The Balaban J connectivity index is 3.83. The zero-order valence-corrected chi connectivity index (χ0v) is 29.0. The molecule has 0 saturated carbocycles. The van der Waals surface area contributed by atoms with E-state index in [9.17, 15) is 5.11 Å². The highest BCUT2D eigenvalue weighted by atomic mass is 16.6. The van der Waals surface area contributed by atoms with Crippen LogP contribution < -0.4 is 0 Å². The molecule has 42 heavy (non-hydrogen) atoms. The zero-order valence-electron chi connectivity index (χ0n) is 29.0. The van der Waals surface area contributed by atoms with Gasteiger partial charge in [-0.3, -0.25) is 0 Å². The minimum Gasteiger partial charge on any atom is -0.377 e. The summed E-state index contributed by atoms with van der Waals surface area (Å²) in [4.78, 5) is 2.17. The maximum atomic E-state index is 10.3. The van der Waals surface area contributed by atoms with Crippen molar-refractivity contribution in [1.29, 1.82) is 0 Å². The summed E-state index contributed by atoms with van der Waals surface area (Å²) in [6, 6.07) is 0. The van der Waals surface area contributed by atoms with E-state index in [1.54, 1.807) is 0 Å². The third-order valence-corrected chi connectivity index (χ3v) is 8.14. The normalized spacial score (nSPS) is 13.7. The second-order valence-electron chi connectivity index (χ2n) is 12.7. The van der Waals surface area contributed by atoms with E-state index >= 15 is 0 Å². The number of rotatable bonds is 34. The molecule has 0 aromatic carbocycles. The Bertz CT molecular complexity index is 563. The molecule has 0 radical (unpaired) electrons. The lowest BCUT2D eigenvalue weighted by Gasteiger charge is -2.20. The molecule has 0 rings (SSSR count). The topological polar surface area (TPSA) is 41.9 Å². The van der Waals surface area contributed by atoms with Crippen LogP contribution in [-0.4, -0.2) is 56.3 Å². The number of aliphatic hydroxyl groups is 1. The molecule has 0 aliphatic rings. The van der Waals surface area contributed by atoms with Gasteiger partial charge in [0.1, 0.15) is 0 Å². The van der Waals surface area contributed by atoms with Gasteiger partial charge in [-0.1, -0.05) is 122 Å².